The van der Waals surface area contributed by atoms with Gasteiger partial charge in [-0.05, 0) is 61.9 Å². The molecule has 1 aliphatic carbocycles. The number of aromatic nitrogens is 3. The van der Waals surface area contributed by atoms with Gasteiger partial charge in [0.2, 0.25) is 0 Å². The number of halogens is 1. The van der Waals surface area contributed by atoms with Crippen LogP contribution in [0.2, 0.25) is 0 Å². The molecule has 2 N–H and O–H groups in total. The first-order chi connectivity index (χ1) is 13.6. The van der Waals surface area contributed by atoms with Gasteiger partial charge in [0.05, 0.1) is 11.6 Å². The highest BCUT2D eigenvalue weighted by Crippen LogP contribution is 2.40. The van der Waals surface area contributed by atoms with Gasteiger partial charge in [0.1, 0.15) is 29.0 Å². The van der Waals surface area contributed by atoms with Gasteiger partial charge in [0.25, 0.3) is 0 Å². The van der Waals surface area contributed by atoms with E-state index in [1.807, 2.05) is 19.2 Å². The van der Waals surface area contributed by atoms with E-state index in [2.05, 4.69) is 19.9 Å². The van der Waals surface area contributed by atoms with Crippen LogP contribution in [0.15, 0.2) is 36.5 Å². The molecule has 0 radical (unpaired) electrons. The second kappa shape index (κ2) is 6.74. The zero-order valence-corrected chi connectivity index (χ0v) is 15.7. The number of aryl methyl sites for hydroxylation is 1. The van der Waals surface area contributed by atoms with Gasteiger partial charge in [-0.2, -0.15) is 0 Å². The third-order valence-corrected chi connectivity index (χ3v) is 5.98. The summed E-state index contributed by atoms with van der Waals surface area (Å²) < 4.78 is 19.1. The first-order valence-corrected chi connectivity index (χ1v) is 9.74. The second-order valence-electron chi connectivity index (χ2n) is 7.91. The Bertz CT molecular complexity index is 990. The van der Waals surface area contributed by atoms with Gasteiger partial charge in [-0.15, -0.1) is 0 Å². The van der Waals surface area contributed by atoms with Crippen molar-refractivity contribution in [3.8, 4) is 5.75 Å². The molecule has 0 bridgehead atoms. The topological polar surface area (TPSA) is 74.3 Å². The number of nitrogens with zero attached hydrogens (tertiary/aromatic N) is 3. The van der Waals surface area contributed by atoms with Gasteiger partial charge in [-0.3, -0.25) is 0 Å². The molecular weight excluding hydrogens is 359 g/mol. The van der Waals surface area contributed by atoms with E-state index in [0.29, 0.717) is 24.0 Å². The molecule has 0 spiro atoms. The number of ether oxygens (including phenoxy) is 1. The van der Waals surface area contributed by atoms with Crippen LogP contribution in [0.5, 0.6) is 5.75 Å². The molecule has 5 rings (SSSR count). The summed E-state index contributed by atoms with van der Waals surface area (Å²) in [6.07, 6.45) is 2.57. The Morgan fingerprint density at radius 3 is 2.64 bits per heavy atom. The number of fused-ring (bicyclic) bond motifs is 2. The molecule has 2 aromatic heterocycles. The molecule has 1 aliphatic heterocycles. The lowest BCUT2D eigenvalue weighted by Crippen LogP contribution is -2.42. The van der Waals surface area contributed by atoms with Crippen molar-refractivity contribution < 1.29 is 14.2 Å². The standard InChI is InChI=1S/C21H23FN4O2/c1-12-24-17-6-7-23-20(17)21(25-12)26-10-13-8-18(27)19(9-14(13)11-26)28-16-4-2-15(22)3-5-16/h2-7,13-14,18-19,23,27H,8-11H2,1H3/t13-,14+,18+,19+/m0/s1. The Hall–Kier alpha value is -2.67. The average molecular weight is 382 g/mol. The zero-order valence-electron chi connectivity index (χ0n) is 15.7. The summed E-state index contributed by atoms with van der Waals surface area (Å²) >= 11 is 0. The Kier molecular flexibility index (Phi) is 4.19. The first kappa shape index (κ1) is 17.4. The van der Waals surface area contributed by atoms with E-state index >= 15 is 0 Å². The van der Waals surface area contributed by atoms with E-state index in [-0.39, 0.29) is 11.9 Å². The summed E-state index contributed by atoms with van der Waals surface area (Å²) in [6.45, 7) is 3.66. The van der Waals surface area contributed by atoms with Crippen LogP contribution in [-0.4, -0.2) is 45.4 Å². The van der Waals surface area contributed by atoms with Crippen LogP contribution in [0.3, 0.4) is 0 Å². The number of benzene rings is 1. The number of hydrogen-bond acceptors (Lipinski definition) is 5. The van der Waals surface area contributed by atoms with Crippen molar-refractivity contribution in [2.75, 3.05) is 18.0 Å². The lowest BCUT2D eigenvalue weighted by atomic mass is 9.78. The van der Waals surface area contributed by atoms with Gasteiger partial charge in [-0.1, -0.05) is 0 Å². The smallest absolute Gasteiger partial charge is 0.156 e. The highest BCUT2D eigenvalue weighted by atomic mass is 19.1. The lowest BCUT2D eigenvalue weighted by molar-refractivity contribution is -0.0231. The second-order valence-corrected chi connectivity index (χ2v) is 7.91. The monoisotopic (exact) mass is 382 g/mol. The maximum Gasteiger partial charge on any atom is 0.156 e. The van der Waals surface area contributed by atoms with E-state index in [0.717, 1.165) is 42.2 Å². The number of aromatic amines is 1. The third kappa shape index (κ3) is 3.09. The average Bonchev–Trinajstić information content (AvgIpc) is 3.29. The third-order valence-electron chi connectivity index (χ3n) is 5.98. The summed E-state index contributed by atoms with van der Waals surface area (Å²) in [6, 6.07) is 7.95. The molecule has 3 heterocycles. The lowest BCUT2D eigenvalue weighted by Gasteiger charge is -2.35. The van der Waals surface area contributed by atoms with Gasteiger partial charge >= 0.3 is 0 Å². The van der Waals surface area contributed by atoms with Crippen molar-refractivity contribution in [2.24, 2.45) is 11.8 Å². The molecule has 1 aromatic carbocycles. The van der Waals surface area contributed by atoms with Crippen LogP contribution in [0.4, 0.5) is 10.2 Å². The first-order valence-electron chi connectivity index (χ1n) is 9.74. The van der Waals surface area contributed by atoms with Gasteiger partial charge in [0.15, 0.2) is 5.82 Å². The van der Waals surface area contributed by atoms with Crippen LogP contribution >= 0.6 is 0 Å². The van der Waals surface area contributed by atoms with Gasteiger partial charge in [-0.25, -0.2) is 14.4 Å². The molecule has 2 fully saturated rings. The molecule has 7 heteroatoms. The van der Waals surface area contributed by atoms with Crippen LogP contribution in [0.1, 0.15) is 18.7 Å². The molecule has 2 aliphatic rings. The molecule has 28 heavy (non-hydrogen) atoms. The maximum absolute atomic E-state index is 13.1. The number of H-pyrrole nitrogens is 1. The number of anilines is 1. The van der Waals surface area contributed by atoms with Crippen molar-refractivity contribution in [1.82, 2.24) is 15.0 Å². The van der Waals surface area contributed by atoms with Gasteiger partial charge in [0, 0.05) is 19.3 Å². The molecule has 3 aromatic rings. The molecular formula is C21H23FN4O2. The van der Waals surface area contributed by atoms with Crippen LogP contribution in [-0.2, 0) is 0 Å². The predicted molar refractivity (Wildman–Crippen MR) is 104 cm³/mol. The summed E-state index contributed by atoms with van der Waals surface area (Å²) in [5.74, 6) is 2.83. The van der Waals surface area contributed by atoms with Crippen molar-refractivity contribution in [2.45, 2.75) is 32.0 Å². The molecule has 1 saturated carbocycles. The van der Waals surface area contributed by atoms with Crippen molar-refractivity contribution in [1.29, 1.82) is 0 Å². The molecule has 1 saturated heterocycles. The summed E-state index contributed by atoms with van der Waals surface area (Å²) in [5.41, 5.74) is 1.89. The minimum absolute atomic E-state index is 0.274. The summed E-state index contributed by atoms with van der Waals surface area (Å²) in [7, 11) is 0. The van der Waals surface area contributed by atoms with Crippen molar-refractivity contribution >= 4 is 16.9 Å². The molecule has 4 atom stereocenters. The number of aliphatic hydroxyl groups is 1. The van der Waals surface area contributed by atoms with E-state index in [4.69, 9.17) is 4.74 Å². The predicted octanol–water partition coefficient (Wildman–Crippen LogP) is 3.06. The molecule has 6 nitrogen and oxygen atoms in total. The zero-order chi connectivity index (χ0) is 19.3. The highest BCUT2D eigenvalue weighted by Gasteiger charge is 2.43. The Morgan fingerprint density at radius 2 is 1.86 bits per heavy atom. The summed E-state index contributed by atoms with van der Waals surface area (Å²) in [4.78, 5) is 14.7. The molecule has 0 amide bonds. The number of rotatable bonds is 3. The van der Waals surface area contributed by atoms with Crippen LogP contribution in [0, 0.1) is 24.6 Å². The minimum atomic E-state index is -0.524. The van der Waals surface area contributed by atoms with E-state index in [1.54, 1.807) is 12.1 Å². The van der Waals surface area contributed by atoms with E-state index < -0.39 is 6.10 Å². The van der Waals surface area contributed by atoms with Gasteiger partial charge < -0.3 is 19.7 Å². The molecule has 146 valence electrons. The fourth-order valence-corrected chi connectivity index (χ4v) is 4.65. The minimum Gasteiger partial charge on any atom is -0.488 e. The number of aliphatic hydroxyl groups excluding tert-OH is 1. The van der Waals surface area contributed by atoms with Crippen LogP contribution in [0.25, 0.3) is 11.0 Å². The van der Waals surface area contributed by atoms with E-state index in [1.165, 1.54) is 12.1 Å². The SMILES string of the molecule is Cc1nc(N2C[C@H]3C[C@@H](Oc4ccc(F)cc4)[C@H](O)C[C@H]3C2)c2[nH]ccc2n1. The van der Waals surface area contributed by atoms with Crippen molar-refractivity contribution in [3.63, 3.8) is 0 Å². The summed E-state index contributed by atoms with van der Waals surface area (Å²) in [5, 5.41) is 10.6. The Morgan fingerprint density at radius 1 is 1.11 bits per heavy atom. The Balaban J connectivity index is 1.34. The Labute approximate surface area is 162 Å². The normalized spacial score (nSPS) is 27.2. The van der Waals surface area contributed by atoms with E-state index in [9.17, 15) is 9.50 Å². The van der Waals surface area contributed by atoms with Crippen LogP contribution < -0.4 is 9.64 Å². The quantitative estimate of drug-likeness (QED) is 0.728. The fourth-order valence-electron chi connectivity index (χ4n) is 4.65. The fraction of sp³-hybridized carbons (Fsp3) is 0.429. The number of hydrogen-bond donors (Lipinski definition) is 2. The maximum atomic E-state index is 13.1. The molecule has 0 unspecified atom stereocenters. The van der Waals surface area contributed by atoms with Crippen molar-refractivity contribution in [3.05, 3.63) is 48.2 Å². The highest BCUT2D eigenvalue weighted by molar-refractivity contribution is 5.86. The largest absolute Gasteiger partial charge is 0.488 e. The number of nitrogens with one attached hydrogen (secondary N) is 1.